The van der Waals surface area contributed by atoms with Gasteiger partial charge in [-0.2, -0.15) is 0 Å². The Morgan fingerprint density at radius 2 is 2.07 bits per heavy atom. The van der Waals surface area contributed by atoms with Gasteiger partial charge in [0, 0.05) is 32.5 Å². The molecule has 0 aliphatic heterocycles. The van der Waals surface area contributed by atoms with Crippen molar-refractivity contribution in [2.75, 3.05) is 20.1 Å². The molecule has 0 saturated carbocycles. The molecule has 1 aromatic heterocycles. The summed E-state index contributed by atoms with van der Waals surface area (Å²) in [4.78, 5) is 8.45. The highest BCUT2D eigenvalue weighted by Crippen LogP contribution is 2.17. The van der Waals surface area contributed by atoms with E-state index in [4.69, 9.17) is 4.74 Å². The van der Waals surface area contributed by atoms with Gasteiger partial charge in [0.25, 0.3) is 0 Å². The molecule has 6 nitrogen and oxygen atoms in total. The van der Waals surface area contributed by atoms with Crippen molar-refractivity contribution in [3.8, 4) is 5.75 Å². The third-order valence-electron chi connectivity index (χ3n) is 4.35. The molecule has 156 valence electrons. The second-order valence-electron chi connectivity index (χ2n) is 6.33. The molecule has 0 spiro atoms. The zero-order chi connectivity index (χ0) is 19.5. The van der Waals surface area contributed by atoms with Crippen molar-refractivity contribution in [1.29, 1.82) is 0 Å². The highest BCUT2D eigenvalue weighted by atomic mass is 127. The molecule has 0 fully saturated rings. The smallest absolute Gasteiger partial charge is 0.191 e. The van der Waals surface area contributed by atoms with Crippen molar-refractivity contribution >= 4 is 29.9 Å². The van der Waals surface area contributed by atoms with Gasteiger partial charge in [-0.05, 0) is 38.3 Å². The normalized spacial score (nSPS) is 12.2. The van der Waals surface area contributed by atoms with Gasteiger partial charge in [-0.1, -0.05) is 19.1 Å². The van der Waals surface area contributed by atoms with Crippen LogP contribution in [0.4, 0.5) is 4.39 Å². The largest absolute Gasteiger partial charge is 0.486 e. The summed E-state index contributed by atoms with van der Waals surface area (Å²) in [6, 6.07) is 6.47. The average Bonchev–Trinajstić information content (AvgIpc) is 3.09. The van der Waals surface area contributed by atoms with Gasteiger partial charge in [0.15, 0.2) is 17.5 Å². The molecule has 0 radical (unpaired) electrons. The third-order valence-corrected chi connectivity index (χ3v) is 4.35. The van der Waals surface area contributed by atoms with Crippen LogP contribution in [0.1, 0.15) is 32.0 Å². The molecule has 0 saturated heterocycles. The fraction of sp³-hybridized carbons (Fsp3) is 0.500. The van der Waals surface area contributed by atoms with E-state index in [9.17, 15) is 4.39 Å². The van der Waals surface area contributed by atoms with E-state index in [1.54, 1.807) is 25.2 Å². The van der Waals surface area contributed by atoms with Crippen LogP contribution in [0.3, 0.4) is 0 Å². The Kier molecular flexibility index (Phi) is 11.5. The van der Waals surface area contributed by atoms with Crippen molar-refractivity contribution in [1.82, 2.24) is 20.2 Å². The molecular weight excluding hydrogens is 472 g/mol. The first-order chi connectivity index (χ1) is 13.1. The van der Waals surface area contributed by atoms with Crippen LogP contribution in [-0.4, -0.2) is 41.8 Å². The molecule has 1 unspecified atom stereocenters. The Morgan fingerprint density at radius 1 is 1.29 bits per heavy atom. The third kappa shape index (κ3) is 8.04. The van der Waals surface area contributed by atoms with Crippen molar-refractivity contribution in [2.45, 2.75) is 45.8 Å². The summed E-state index contributed by atoms with van der Waals surface area (Å²) >= 11 is 0. The molecule has 0 aliphatic rings. The first-order valence-electron chi connectivity index (χ1n) is 9.47. The summed E-state index contributed by atoms with van der Waals surface area (Å²) in [5.41, 5.74) is 0. The lowest BCUT2D eigenvalue weighted by Crippen LogP contribution is -2.42. The van der Waals surface area contributed by atoms with Crippen molar-refractivity contribution < 1.29 is 9.13 Å². The molecule has 1 aromatic carbocycles. The Morgan fingerprint density at radius 3 is 2.71 bits per heavy atom. The van der Waals surface area contributed by atoms with Crippen LogP contribution in [0.2, 0.25) is 0 Å². The minimum atomic E-state index is -0.341. The van der Waals surface area contributed by atoms with E-state index < -0.39 is 0 Å². The number of guanidine groups is 1. The summed E-state index contributed by atoms with van der Waals surface area (Å²) in [6.07, 6.45) is 6.56. The van der Waals surface area contributed by atoms with Crippen molar-refractivity contribution in [3.05, 3.63) is 48.3 Å². The lowest BCUT2D eigenvalue weighted by molar-refractivity contribution is 0.191. The van der Waals surface area contributed by atoms with Crippen LogP contribution in [0.25, 0.3) is 0 Å². The predicted octanol–water partition coefficient (Wildman–Crippen LogP) is 3.75. The molecule has 2 aromatic rings. The predicted molar refractivity (Wildman–Crippen MR) is 122 cm³/mol. The number of rotatable bonds is 10. The fourth-order valence-electron chi connectivity index (χ4n) is 2.67. The van der Waals surface area contributed by atoms with Crippen molar-refractivity contribution in [2.24, 2.45) is 4.99 Å². The van der Waals surface area contributed by atoms with Crippen LogP contribution in [0, 0.1) is 12.7 Å². The Balaban J connectivity index is 0.00000392. The maximum Gasteiger partial charge on any atom is 0.191 e. The molecular formula is C20H31FIN5O. The quantitative estimate of drug-likeness (QED) is 0.225. The highest BCUT2D eigenvalue weighted by molar-refractivity contribution is 14.0. The minimum Gasteiger partial charge on any atom is -0.486 e. The second-order valence-corrected chi connectivity index (χ2v) is 6.33. The minimum absolute atomic E-state index is 0. The maximum atomic E-state index is 13.7. The number of halogens is 2. The van der Waals surface area contributed by atoms with Gasteiger partial charge in [-0.3, -0.25) is 4.99 Å². The number of aryl methyl sites for hydroxylation is 2. The fourth-order valence-corrected chi connectivity index (χ4v) is 2.67. The number of benzene rings is 1. The standard InChI is InChI=1S/C20H30FN5O.HI/c1-4-17(27-19-10-6-5-9-18(19)21)15-25-20(22-3)24-11-7-8-13-26-14-12-23-16(26)2;/h5-6,9-10,12,14,17H,4,7-8,11,13,15H2,1-3H3,(H2,22,24,25);1H. The summed E-state index contributed by atoms with van der Waals surface area (Å²) in [7, 11) is 1.74. The summed E-state index contributed by atoms with van der Waals surface area (Å²) < 4.78 is 21.6. The van der Waals surface area contributed by atoms with E-state index in [-0.39, 0.29) is 41.6 Å². The zero-order valence-corrected chi connectivity index (χ0v) is 19.2. The van der Waals surface area contributed by atoms with Crippen molar-refractivity contribution in [3.63, 3.8) is 0 Å². The van der Waals surface area contributed by atoms with Crippen LogP contribution >= 0.6 is 24.0 Å². The van der Waals surface area contributed by atoms with Gasteiger partial charge in [0.05, 0.1) is 6.54 Å². The van der Waals surface area contributed by atoms with E-state index in [0.29, 0.717) is 6.54 Å². The van der Waals surface area contributed by atoms with Gasteiger partial charge < -0.3 is 19.9 Å². The summed E-state index contributed by atoms with van der Waals surface area (Å²) in [5, 5.41) is 6.55. The first-order valence-corrected chi connectivity index (χ1v) is 9.47. The molecule has 0 aliphatic carbocycles. The van der Waals surface area contributed by atoms with E-state index in [2.05, 4.69) is 25.2 Å². The topological polar surface area (TPSA) is 63.5 Å². The SMILES string of the molecule is CCC(CNC(=NC)NCCCCn1ccnc1C)Oc1ccccc1F.I. The lowest BCUT2D eigenvalue weighted by atomic mass is 10.2. The van der Waals surface area contributed by atoms with E-state index in [0.717, 1.165) is 44.1 Å². The molecule has 0 amide bonds. The van der Waals surface area contributed by atoms with Crippen LogP contribution in [0.15, 0.2) is 41.7 Å². The number of nitrogens with one attached hydrogen (secondary N) is 2. The highest BCUT2D eigenvalue weighted by Gasteiger charge is 2.11. The number of ether oxygens (including phenoxy) is 1. The Labute approximate surface area is 184 Å². The van der Waals surface area contributed by atoms with E-state index in [1.165, 1.54) is 6.07 Å². The van der Waals surface area contributed by atoms with Crippen LogP contribution in [-0.2, 0) is 6.54 Å². The number of para-hydroxylation sites is 1. The number of hydrogen-bond donors (Lipinski definition) is 2. The number of hydrogen-bond acceptors (Lipinski definition) is 3. The van der Waals surface area contributed by atoms with Gasteiger partial charge in [0.1, 0.15) is 11.9 Å². The average molecular weight is 503 g/mol. The van der Waals surface area contributed by atoms with E-state index >= 15 is 0 Å². The molecule has 1 heterocycles. The number of unbranched alkanes of at least 4 members (excludes halogenated alkanes) is 1. The Bertz CT molecular complexity index is 722. The molecule has 0 bridgehead atoms. The molecule has 2 rings (SSSR count). The number of nitrogens with zero attached hydrogens (tertiary/aromatic N) is 3. The van der Waals surface area contributed by atoms with Gasteiger partial charge in [0.2, 0.25) is 0 Å². The molecule has 28 heavy (non-hydrogen) atoms. The first kappa shape index (κ1) is 24.2. The van der Waals surface area contributed by atoms with Gasteiger partial charge in [-0.15, -0.1) is 24.0 Å². The summed E-state index contributed by atoms with van der Waals surface area (Å²) in [6.45, 7) is 6.38. The number of imidazole rings is 1. The second kappa shape index (κ2) is 13.4. The number of aromatic nitrogens is 2. The zero-order valence-electron chi connectivity index (χ0n) is 16.8. The summed E-state index contributed by atoms with van der Waals surface area (Å²) in [5.74, 6) is 1.71. The van der Waals surface area contributed by atoms with Gasteiger partial charge >= 0.3 is 0 Å². The monoisotopic (exact) mass is 503 g/mol. The van der Waals surface area contributed by atoms with Crippen LogP contribution in [0.5, 0.6) is 5.75 Å². The van der Waals surface area contributed by atoms with E-state index in [1.807, 2.05) is 26.2 Å². The molecule has 1 atom stereocenters. The Hall–Kier alpha value is -1.84. The number of aliphatic imine (C=N–C) groups is 1. The maximum absolute atomic E-state index is 13.7. The lowest BCUT2D eigenvalue weighted by Gasteiger charge is -2.20. The molecule has 8 heteroatoms. The van der Waals surface area contributed by atoms with Gasteiger partial charge in [-0.25, -0.2) is 9.37 Å². The van der Waals surface area contributed by atoms with Crippen LogP contribution < -0.4 is 15.4 Å². The molecule has 2 N–H and O–H groups in total.